The third-order valence-corrected chi connectivity index (χ3v) is 5.52. The molecular weight excluding hydrogens is 464 g/mol. The van der Waals surface area contributed by atoms with Crippen LogP contribution in [-0.2, 0) is 11.3 Å². The molecule has 1 heterocycles. The van der Waals surface area contributed by atoms with E-state index in [4.69, 9.17) is 13.4 Å². The Morgan fingerprint density at radius 3 is 2.63 bits per heavy atom. The molecule has 0 saturated carbocycles. The second kappa shape index (κ2) is 8.82. The zero-order valence-electron chi connectivity index (χ0n) is 14.9. The zero-order chi connectivity index (χ0) is 20.4. The van der Waals surface area contributed by atoms with Crippen LogP contribution >= 0.6 is 15.9 Å². The summed E-state index contributed by atoms with van der Waals surface area (Å²) < 4.78 is 61.2. The fourth-order valence-corrected chi connectivity index (χ4v) is 3.93. The van der Waals surface area contributed by atoms with E-state index < -0.39 is 41.8 Å². The van der Waals surface area contributed by atoms with Crippen molar-refractivity contribution in [3.8, 4) is 22.8 Å². The third-order valence-electron chi connectivity index (χ3n) is 3.38. The number of furan rings is 1. The molecule has 1 aromatic heterocycles. The molecule has 0 saturated heterocycles. The van der Waals surface area contributed by atoms with Crippen LogP contribution in [-0.4, -0.2) is 28.7 Å². The highest BCUT2D eigenvalue weighted by Crippen LogP contribution is 2.49. The molecule has 27 heavy (non-hydrogen) atoms. The lowest BCUT2D eigenvalue weighted by molar-refractivity contribution is 0.438. The van der Waals surface area contributed by atoms with Gasteiger partial charge in [0.15, 0.2) is 28.9 Å². The van der Waals surface area contributed by atoms with Gasteiger partial charge in [0.1, 0.15) is 0 Å². The topological polar surface area (TPSA) is 91.9 Å². The Morgan fingerprint density at radius 2 is 2.04 bits per heavy atom. The summed E-state index contributed by atoms with van der Waals surface area (Å²) in [7, 11) is -2.18. The van der Waals surface area contributed by atoms with Crippen LogP contribution in [0.25, 0.3) is 11.3 Å². The summed E-state index contributed by atoms with van der Waals surface area (Å²) in [5.41, 5.74) is -0.228. The molecule has 1 aromatic carbocycles. The first-order valence-electron chi connectivity index (χ1n) is 7.98. The van der Waals surface area contributed by atoms with E-state index in [1.807, 2.05) is 19.6 Å². The standard InChI is InChI=1S/C16H20BrF2NO5SSi/c1-27(2,3)25-16-13(21)14(9-5-4-6-11(18)12(9)19)24-15(16)10(17)7-8-20-26(22)23/h4-6,10,20-21H,7-8H2,1-3H3,(H,22,23). The van der Waals surface area contributed by atoms with E-state index in [0.29, 0.717) is 6.42 Å². The number of alkyl halides is 1. The van der Waals surface area contributed by atoms with Gasteiger partial charge in [-0.1, -0.05) is 22.0 Å². The Kier molecular flexibility index (Phi) is 7.19. The summed E-state index contributed by atoms with van der Waals surface area (Å²) in [6.45, 7) is 5.85. The van der Waals surface area contributed by atoms with Gasteiger partial charge in [0, 0.05) is 6.54 Å². The van der Waals surface area contributed by atoms with E-state index in [9.17, 15) is 18.1 Å². The molecule has 0 aliphatic carbocycles. The average Bonchev–Trinajstić information content (AvgIpc) is 2.85. The molecule has 3 N–H and O–H groups in total. The highest BCUT2D eigenvalue weighted by molar-refractivity contribution is 9.09. The van der Waals surface area contributed by atoms with Crippen LogP contribution in [0.2, 0.25) is 19.6 Å². The SMILES string of the molecule is C[Si](C)(C)Oc1c(C(Br)CCNS(=O)O)oc(-c2cccc(F)c2F)c1O. The van der Waals surface area contributed by atoms with Crippen LogP contribution in [0.5, 0.6) is 11.5 Å². The van der Waals surface area contributed by atoms with Gasteiger partial charge in [0.2, 0.25) is 25.3 Å². The summed E-state index contributed by atoms with van der Waals surface area (Å²) in [5, 5.41) is 10.6. The lowest BCUT2D eigenvalue weighted by Gasteiger charge is -2.20. The minimum atomic E-state index is -2.18. The predicted octanol–water partition coefficient (Wildman–Crippen LogP) is 4.70. The van der Waals surface area contributed by atoms with Crippen molar-refractivity contribution in [2.45, 2.75) is 30.9 Å². The first kappa shape index (κ1) is 22.0. The normalized spacial score (nSPS) is 14.2. The molecule has 0 spiro atoms. The Hall–Kier alpha value is -1.27. The fraction of sp³-hybridized carbons (Fsp3) is 0.375. The van der Waals surface area contributed by atoms with Crippen LogP contribution in [0.3, 0.4) is 0 Å². The smallest absolute Gasteiger partial charge is 0.242 e. The Labute approximate surface area is 167 Å². The van der Waals surface area contributed by atoms with E-state index in [-0.39, 0.29) is 29.4 Å². The number of hydrogen-bond acceptors (Lipinski definition) is 4. The Balaban J connectivity index is 2.48. The van der Waals surface area contributed by atoms with Gasteiger partial charge in [-0.05, 0) is 38.2 Å². The predicted molar refractivity (Wildman–Crippen MR) is 105 cm³/mol. The number of halogens is 3. The Morgan fingerprint density at radius 1 is 1.37 bits per heavy atom. The molecule has 0 aliphatic heterocycles. The van der Waals surface area contributed by atoms with Crippen LogP contribution in [0, 0.1) is 11.6 Å². The van der Waals surface area contributed by atoms with Crippen molar-refractivity contribution < 1.29 is 31.5 Å². The summed E-state index contributed by atoms with van der Waals surface area (Å²) in [4.78, 5) is -0.504. The lowest BCUT2D eigenvalue weighted by atomic mass is 10.1. The van der Waals surface area contributed by atoms with Gasteiger partial charge < -0.3 is 13.9 Å². The van der Waals surface area contributed by atoms with E-state index in [1.54, 1.807) is 0 Å². The molecule has 2 rings (SSSR count). The van der Waals surface area contributed by atoms with E-state index in [1.165, 1.54) is 12.1 Å². The molecular formula is C16H20BrF2NO5SSi. The summed E-state index contributed by atoms with van der Waals surface area (Å²) >= 11 is 1.23. The van der Waals surface area contributed by atoms with E-state index >= 15 is 0 Å². The molecule has 6 nitrogen and oxygen atoms in total. The van der Waals surface area contributed by atoms with Crippen molar-refractivity contribution >= 4 is 35.5 Å². The molecule has 11 heteroatoms. The molecule has 0 amide bonds. The molecule has 2 aromatic rings. The maximum Gasteiger partial charge on any atom is 0.242 e. The van der Waals surface area contributed by atoms with Crippen LogP contribution in [0.4, 0.5) is 8.78 Å². The van der Waals surface area contributed by atoms with Gasteiger partial charge >= 0.3 is 0 Å². The van der Waals surface area contributed by atoms with Crippen molar-refractivity contribution in [1.29, 1.82) is 0 Å². The minimum Gasteiger partial charge on any atom is -0.539 e. The molecule has 2 unspecified atom stereocenters. The first-order valence-corrected chi connectivity index (χ1v) is 13.4. The number of aromatic hydroxyl groups is 1. The second-order valence-electron chi connectivity index (χ2n) is 6.69. The van der Waals surface area contributed by atoms with Crippen LogP contribution in [0.1, 0.15) is 17.0 Å². The summed E-state index contributed by atoms with van der Waals surface area (Å²) in [6.07, 6.45) is 0.312. The fourth-order valence-electron chi connectivity index (χ4n) is 2.30. The quantitative estimate of drug-likeness (QED) is 0.287. The van der Waals surface area contributed by atoms with Gasteiger partial charge in [-0.2, -0.15) is 0 Å². The van der Waals surface area contributed by atoms with E-state index in [0.717, 1.165) is 6.07 Å². The highest BCUT2D eigenvalue weighted by atomic mass is 79.9. The molecule has 0 bridgehead atoms. The highest BCUT2D eigenvalue weighted by Gasteiger charge is 2.31. The van der Waals surface area contributed by atoms with Crippen molar-refractivity contribution in [3.63, 3.8) is 0 Å². The minimum absolute atomic E-state index is 0.0554. The number of hydrogen-bond donors (Lipinski definition) is 3. The third kappa shape index (κ3) is 5.61. The molecule has 0 fully saturated rings. The van der Waals surface area contributed by atoms with Crippen molar-refractivity contribution in [1.82, 2.24) is 4.72 Å². The maximum atomic E-state index is 14.2. The van der Waals surface area contributed by atoms with Crippen LogP contribution in [0.15, 0.2) is 22.6 Å². The maximum absolute atomic E-state index is 14.2. The lowest BCUT2D eigenvalue weighted by Crippen LogP contribution is -2.29. The first-order chi connectivity index (χ1) is 12.5. The average molecular weight is 484 g/mol. The van der Waals surface area contributed by atoms with Gasteiger partial charge in [0.25, 0.3) is 0 Å². The van der Waals surface area contributed by atoms with Crippen molar-refractivity contribution in [3.05, 3.63) is 35.6 Å². The van der Waals surface area contributed by atoms with E-state index in [2.05, 4.69) is 20.7 Å². The molecule has 0 aliphatic rings. The summed E-state index contributed by atoms with van der Waals surface area (Å²) in [6, 6.07) is 3.56. The largest absolute Gasteiger partial charge is 0.539 e. The van der Waals surface area contributed by atoms with Crippen molar-refractivity contribution in [2.75, 3.05) is 6.54 Å². The molecule has 150 valence electrons. The Bertz CT molecular complexity index is 843. The van der Waals surface area contributed by atoms with Crippen LogP contribution < -0.4 is 9.15 Å². The molecule has 0 radical (unpaired) electrons. The van der Waals surface area contributed by atoms with Gasteiger partial charge in [-0.3, -0.25) is 4.55 Å². The molecule has 2 atom stereocenters. The van der Waals surface area contributed by atoms with Gasteiger partial charge in [-0.15, -0.1) is 0 Å². The van der Waals surface area contributed by atoms with Gasteiger partial charge in [0.05, 0.1) is 10.4 Å². The second-order valence-corrected chi connectivity index (χ2v) is 13.0. The van der Waals surface area contributed by atoms with Crippen molar-refractivity contribution in [2.24, 2.45) is 0 Å². The van der Waals surface area contributed by atoms with Gasteiger partial charge in [-0.25, -0.2) is 17.7 Å². The number of nitrogens with one attached hydrogen (secondary N) is 1. The zero-order valence-corrected chi connectivity index (χ0v) is 18.3. The number of rotatable bonds is 8. The monoisotopic (exact) mass is 483 g/mol. The summed E-state index contributed by atoms with van der Waals surface area (Å²) in [5.74, 6) is -2.61. The number of benzene rings is 1.